The number of esters is 1. The zero-order chi connectivity index (χ0) is 17.8. The van der Waals surface area contributed by atoms with Crippen LogP contribution in [0.1, 0.15) is 92.4 Å². The van der Waals surface area contributed by atoms with E-state index in [2.05, 4.69) is 6.92 Å². The molecule has 0 aliphatic carbocycles. The first-order valence-corrected chi connectivity index (χ1v) is 9.09. The Morgan fingerprint density at radius 1 is 0.958 bits per heavy atom. The monoisotopic (exact) mass is 334 g/mol. The maximum absolute atomic E-state index is 12.1. The second-order valence-electron chi connectivity index (χ2n) is 6.33. The van der Waals surface area contributed by atoms with Gasteiger partial charge in [-0.1, -0.05) is 64.0 Å². The van der Waals surface area contributed by atoms with Crippen LogP contribution in [0.5, 0.6) is 0 Å². The van der Waals surface area contributed by atoms with Gasteiger partial charge in [0.25, 0.3) is 0 Å². The van der Waals surface area contributed by atoms with E-state index < -0.39 is 11.9 Å². The minimum atomic E-state index is -1.11. The van der Waals surface area contributed by atoms with Crippen molar-refractivity contribution < 1.29 is 19.4 Å². The molecule has 0 spiro atoms. The highest BCUT2D eigenvalue weighted by atomic mass is 16.5. The predicted octanol–water partition coefficient (Wildman–Crippen LogP) is 5.46. The van der Waals surface area contributed by atoms with Crippen LogP contribution in [0, 0.1) is 0 Å². The van der Waals surface area contributed by atoms with Gasteiger partial charge in [0.15, 0.2) is 0 Å². The minimum Gasteiger partial charge on any atom is -0.478 e. The Morgan fingerprint density at radius 3 is 2.08 bits per heavy atom. The average molecular weight is 334 g/mol. The SMILES string of the molecule is CCCCCCCCCCC(C)OC(=O)c1ccccc1C(=O)O. The maximum Gasteiger partial charge on any atom is 0.339 e. The van der Waals surface area contributed by atoms with Gasteiger partial charge in [0, 0.05) is 0 Å². The van der Waals surface area contributed by atoms with Crippen LogP contribution >= 0.6 is 0 Å². The first-order valence-electron chi connectivity index (χ1n) is 9.09. The second-order valence-corrected chi connectivity index (χ2v) is 6.33. The van der Waals surface area contributed by atoms with Crippen molar-refractivity contribution in [2.24, 2.45) is 0 Å². The Bertz CT molecular complexity index is 510. The van der Waals surface area contributed by atoms with Crippen LogP contribution in [0.2, 0.25) is 0 Å². The Balaban J connectivity index is 2.27. The Labute approximate surface area is 145 Å². The molecule has 0 saturated carbocycles. The molecule has 4 heteroatoms. The van der Waals surface area contributed by atoms with Crippen molar-refractivity contribution in [3.8, 4) is 0 Å². The third kappa shape index (κ3) is 7.62. The number of ether oxygens (including phenoxy) is 1. The lowest BCUT2D eigenvalue weighted by Crippen LogP contribution is -2.17. The molecule has 4 nitrogen and oxygen atoms in total. The standard InChI is InChI=1S/C20H30O4/c1-3-4-5-6-7-8-9-10-13-16(2)24-20(23)18-15-12-11-14-17(18)19(21)22/h11-12,14-16H,3-10,13H2,1-2H3,(H,21,22). The van der Waals surface area contributed by atoms with E-state index in [9.17, 15) is 9.59 Å². The average Bonchev–Trinajstić information content (AvgIpc) is 2.57. The Hall–Kier alpha value is -1.84. The molecule has 0 aromatic heterocycles. The van der Waals surface area contributed by atoms with Crippen molar-refractivity contribution >= 4 is 11.9 Å². The lowest BCUT2D eigenvalue weighted by molar-refractivity contribution is 0.0313. The zero-order valence-electron chi connectivity index (χ0n) is 14.9. The van der Waals surface area contributed by atoms with Crippen LogP contribution in [0.15, 0.2) is 24.3 Å². The van der Waals surface area contributed by atoms with Gasteiger partial charge in [0.2, 0.25) is 0 Å². The van der Waals surface area contributed by atoms with Gasteiger partial charge in [-0.15, -0.1) is 0 Å². The molecule has 0 aliphatic heterocycles. The second kappa shape index (κ2) is 11.7. The molecule has 1 N–H and O–H groups in total. The van der Waals surface area contributed by atoms with Gasteiger partial charge in [0.1, 0.15) is 0 Å². The van der Waals surface area contributed by atoms with Crippen molar-refractivity contribution in [2.45, 2.75) is 77.7 Å². The van der Waals surface area contributed by atoms with Crippen LogP contribution in [0.3, 0.4) is 0 Å². The highest BCUT2D eigenvalue weighted by Crippen LogP contribution is 2.15. The third-order valence-corrected chi connectivity index (χ3v) is 4.15. The normalized spacial score (nSPS) is 11.9. The van der Waals surface area contributed by atoms with E-state index in [-0.39, 0.29) is 17.2 Å². The smallest absolute Gasteiger partial charge is 0.339 e. The fourth-order valence-corrected chi connectivity index (χ4v) is 2.72. The molecule has 1 aromatic rings. The summed E-state index contributed by atoms with van der Waals surface area (Å²) in [6.45, 7) is 4.08. The highest BCUT2D eigenvalue weighted by molar-refractivity contribution is 6.02. The van der Waals surface area contributed by atoms with Crippen LogP contribution in [-0.4, -0.2) is 23.1 Å². The summed E-state index contributed by atoms with van der Waals surface area (Å²) in [6.07, 6.45) is 10.5. The van der Waals surface area contributed by atoms with Gasteiger partial charge < -0.3 is 9.84 Å². The number of carbonyl (C=O) groups excluding carboxylic acids is 1. The molecule has 0 heterocycles. The number of unbranched alkanes of at least 4 members (excludes halogenated alkanes) is 7. The van der Waals surface area contributed by atoms with Crippen molar-refractivity contribution in [3.63, 3.8) is 0 Å². The van der Waals surface area contributed by atoms with Gasteiger partial charge in [-0.25, -0.2) is 9.59 Å². The van der Waals surface area contributed by atoms with Gasteiger partial charge in [-0.2, -0.15) is 0 Å². The van der Waals surface area contributed by atoms with E-state index in [0.29, 0.717) is 0 Å². The molecule has 134 valence electrons. The van der Waals surface area contributed by atoms with Crippen LogP contribution in [0.4, 0.5) is 0 Å². The number of hydrogen-bond donors (Lipinski definition) is 1. The van der Waals surface area contributed by atoms with E-state index in [0.717, 1.165) is 19.3 Å². The summed E-state index contributed by atoms with van der Waals surface area (Å²) in [7, 11) is 0. The molecular formula is C20H30O4. The quantitative estimate of drug-likeness (QED) is 0.407. The first kappa shape index (κ1) is 20.2. The summed E-state index contributed by atoms with van der Waals surface area (Å²) in [6, 6.07) is 6.16. The molecule has 1 rings (SSSR count). The molecular weight excluding hydrogens is 304 g/mol. The molecule has 0 bridgehead atoms. The third-order valence-electron chi connectivity index (χ3n) is 4.15. The van der Waals surface area contributed by atoms with Crippen molar-refractivity contribution in [2.75, 3.05) is 0 Å². The molecule has 1 unspecified atom stereocenters. The summed E-state index contributed by atoms with van der Waals surface area (Å²) in [5.74, 6) is -1.67. The van der Waals surface area contributed by atoms with Crippen LogP contribution in [0.25, 0.3) is 0 Å². The number of benzene rings is 1. The Morgan fingerprint density at radius 2 is 1.50 bits per heavy atom. The molecule has 0 radical (unpaired) electrons. The molecule has 0 saturated heterocycles. The van der Waals surface area contributed by atoms with E-state index in [1.807, 2.05) is 6.92 Å². The summed E-state index contributed by atoms with van der Waals surface area (Å²) in [4.78, 5) is 23.3. The van der Waals surface area contributed by atoms with Crippen molar-refractivity contribution in [1.82, 2.24) is 0 Å². The van der Waals surface area contributed by atoms with Crippen LogP contribution < -0.4 is 0 Å². The molecule has 24 heavy (non-hydrogen) atoms. The summed E-state index contributed by atoms with van der Waals surface area (Å²) in [5.41, 5.74) is 0.106. The van der Waals surface area contributed by atoms with E-state index in [4.69, 9.17) is 9.84 Å². The summed E-state index contributed by atoms with van der Waals surface area (Å²) in [5, 5.41) is 9.12. The molecule has 0 aliphatic rings. The van der Waals surface area contributed by atoms with Crippen molar-refractivity contribution in [1.29, 1.82) is 0 Å². The fourth-order valence-electron chi connectivity index (χ4n) is 2.72. The van der Waals surface area contributed by atoms with Gasteiger partial charge >= 0.3 is 11.9 Å². The maximum atomic E-state index is 12.1. The zero-order valence-corrected chi connectivity index (χ0v) is 14.9. The first-order chi connectivity index (χ1) is 11.6. The number of aromatic carboxylic acids is 1. The molecule has 1 atom stereocenters. The number of rotatable bonds is 12. The predicted molar refractivity (Wildman–Crippen MR) is 95.5 cm³/mol. The van der Waals surface area contributed by atoms with Gasteiger partial charge in [-0.05, 0) is 31.9 Å². The van der Waals surface area contributed by atoms with Crippen LogP contribution in [-0.2, 0) is 4.74 Å². The Kier molecular flexibility index (Phi) is 9.81. The van der Waals surface area contributed by atoms with Crippen molar-refractivity contribution in [3.05, 3.63) is 35.4 Å². The van der Waals surface area contributed by atoms with E-state index in [1.165, 1.54) is 50.7 Å². The van der Waals surface area contributed by atoms with Gasteiger partial charge in [-0.3, -0.25) is 0 Å². The number of carboxylic acid groups (broad SMARTS) is 1. The topological polar surface area (TPSA) is 63.6 Å². The summed E-state index contributed by atoms with van der Waals surface area (Å²) >= 11 is 0. The van der Waals surface area contributed by atoms with Gasteiger partial charge in [0.05, 0.1) is 17.2 Å². The fraction of sp³-hybridized carbons (Fsp3) is 0.600. The molecule has 1 aromatic carbocycles. The van der Waals surface area contributed by atoms with E-state index >= 15 is 0 Å². The molecule has 0 fully saturated rings. The number of carbonyl (C=O) groups is 2. The highest BCUT2D eigenvalue weighted by Gasteiger charge is 2.18. The number of carboxylic acids is 1. The number of hydrogen-bond acceptors (Lipinski definition) is 3. The molecule has 0 amide bonds. The summed E-state index contributed by atoms with van der Waals surface area (Å²) < 4.78 is 5.38. The largest absolute Gasteiger partial charge is 0.478 e. The lowest BCUT2D eigenvalue weighted by atomic mass is 10.1. The lowest BCUT2D eigenvalue weighted by Gasteiger charge is -2.14. The van der Waals surface area contributed by atoms with E-state index in [1.54, 1.807) is 12.1 Å². The minimum absolute atomic E-state index is 0.0122.